The number of aliphatic hydroxyl groups excluding tert-OH is 1. The lowest BCUT2D eigenvalue weighted by Gasteiger charge is -2.14. The molecular weight excluding hydrogens is 256 g/mol. The van der Waals surface area contributed by atoms with E-state index in [0.717, 1.165) is 24.2 Å². The van der Waals surface area contributed by atoms with Crippen LogP contribution in [0.5, 0.6) is 5.75 Å². The van der Waals surface area contributed by atoms with Gasteiger partial charge in [0, 0.05) is 12.6 Å². The number of nitrogens with one attached hydrogen (secondary N) is 2. The van der Waals surface area contributed by atoms with Crippen LogP contribution >= 0.6 is 0 Å². The van der Waals surface area contributed by atoms with E-state index in [1.807, 2.05) is 38.1 Å². The molecule has 0 spiro atoms. The van der Waals surface area contributed by atoms with Crippen LogP contribution in [0, 0.1) is 0 Å². The number of hydrogen-bond donors (Lipinski definition) is 3. The number of hydrogen-bond acceptors (Lipinski definition) is 3. The topological polar surface area (TPSA) is 70.6 Å². The van der Waals surface area contributed by atoms with Gasteiger partial charge >= 0.3 is 6.03 Å². The molecule has 1 saturated carbocycles. The Labute approximate surface area is 119 Å². The van der Waals surface area contributed by atoms with E-state index >= 15 is 0 Å². The molecule has 1 aliphatic carbocycles. The van der Waals surface area contributed by atoms with Crippen LogP contribution < -0.4 is 15.4 Å². The Hall–Kier alpha value is -1.75. The summed E-state index contributed by atoms with van der Waals surface area (Å²) in [4.78, 5) is 11.5. The molecular formula is C15H22N2O3. The van der Waals surface area contributed by atoms with Gasteiger partial charge in [-0.05, 0) is 44.4 Å². The molecule has 1 aromatic carbocycles. The zero-order valence-corrected chi connectivity index (χ0v) is 11.9. The first-order valence-electron chi connectivity index (χ1n) is 7.03. The molecule has 1 aromatic rings. The first-order valence-corrected chi connectivity index (χ1v) is 7.03. The van der Waals surface area contributed by atoms with Gasteiger partial charge in [0.2, 0.25) is 0 Å². The highest BCUT2D eigenvalue weighted by Crippen LogP contribution is 2.19. The van der Waals surface area contributed by atoms with Crippen molar-refractivity contribution < 1.29 is 14.6 Å². The van der Waals surface area contributed by atoms with Gasteiger partial charge in [0.25, 0.3) is 0 Å². The normalized spacial score (nSPS) is 15.8. The highest BCUT2D eigenvalue weighted by molar-refractivity contribution is 5.74. The monoisotopic (exact) mass is 278 g/mol. The molecule has 0 saturated heterocycles. The Balaban J connectivity index is 1.78. The lowest BCUT2D eigenvalue weighted by atomic mass is 10.1. The molecule has 0 aromatic heterocycles. The molecule has 3 N–H and O–H groups in total. The molecule has 0 heterocycles. The fraction of sp³-hybridized carbons (Fsp3) is 0.533. The number of aliphatic hydroxyl groups is 1. The zero-order chi connectivity index (χ0) is 14.5. The number of rotatable bonds is 6. The fourth-order valence-electron chi connectivity index (χ4n) is 1.81. The fourth-order valence-corrected chi connectivity index (χ4v) is 1.81. The van der Waals surface area contributed by atoms with Crippen molar-refractivity contribution in [2.24, 2.45) is 0 Å². The second kappa shape index (κ2) is 6.61. The number of benzene rings is 1. The van der Waals surface area contributed by atoms with Crippen LogP contribution in [-0.2, 0) is 0 Å². The number of carbonyl (C=O) groups excluding carboxylic acids is 1. The summed E-state index contributed by atoms with van der Waals surface area (Å²) in [5, 5.41) is 15.5. The van der Waals surface area contributed by atoms with Gasteiger partial charge in [-0.25, -0.2) is 4.79 Å². The molecule has 1 unspecified atom stereocenters. The number of carbonyl (C=O) groups is 1. The molecule has 1 atom stereocenters. The van der Waals surface area contributed by atoms with Gasteiger partial charge in [0.1, 0.15) is 5.75 Å². The second-order valence-electron chi connectivity index (χ2n) is 5.38. The molecule has 110 valence electrons. The van der Waals surface area contributed by atoms with E-state index in [-0.39, 0.29) is 18.7 Å². The first-order chi connectivity index (χ1) is 9.54. The lowest BCUT2D eigenvalue weighted by molar-refractivity contribution is 0.173. The summed E-state index contributed by atoms with van der Waals surface area (Å²) in [6.07, 6.45) is 1.51. The second-order valence-corrected chi connectivity index (χ2v) is 5.38. The maximum Gasteiger partial charge on any atom is 0.315 e. The standard InChI is InChI=1S/C15H22N2O3/c1-10(2)20-13-7-3-11(4-8-13)14(18)9-16-15(19)17-12-5-6-12/h3-4,7-8,10,12,14,18H,5-6,9H2,1-2H3,(H2,16,17,19). The minimum Gasteiger partial charge on any atom is -0.491 e. The van der Waals surface area contributed by atoms with Crippen molar-refractivity contribution >= 4 is 6.03 Å². The highest BCUT2D eigenvalue weighted by Gasteiger charge is 2.23. The Morgan fingerprint density at radius 3 is 2.55 bits per heavy atom. The highest BCUT2D eigenvalue weighted by atomic mass is 16.5. The lowest BCUT2D eigenvalue weighted by Crippen LogP contribution is -2.38. The van der Waals surface area contributed by atoms with E-state index in [1.165, 1.54) is 0 Å². The smallest absolute Gasteiger partial charge is 0.315 e. The van der Waals surface area contributed by atoms with Crippen molar-refractivity contribution in [1.29, 1.82) is 0 Å². The molecule has 5 heteroatoms. The maximum absolute atomic E-state index is 11.5. The van der Waals surface area contributed by atoms with Gasteiger partial charge in [-0.1, -0.05) is 12.1 Å². The quantitative estimate of drug-likeness (QED) is 0.745. The maximum atomic E-state index is 11.5. The summed E-state index contributed by atoms with van der Waals surface area (Å²) in [6.45, 7) is 4.12. The molecule has 0 radical (unpaired) electrons. The van der Waals surface area contributed by atoms with E-state index in [1.54, 1.807) is 0 Å². The number of urea groups is 1. The Bertz CT molecular complexity index is 441. The van der Waals surface area contributed by atoms with Crippen molar-refractivity contribution in [1.82, 2.24) is 10.6 Å². The molecule has 0 bridgehead atoms. The van der Waals surface area contributed by atoms with Crippen molar-refractivity contribution in [2.75, 3.05) is 6.54 Å². The van der Waals surface area contributed by atoms with Crippen LogP contribution in [0.3, 0.4) is 0 Å². The molecule has 2 rings (SSSR count). The van der Waals surface area contributed by atoms with Crippen LogP contribution in [0.2, 0.25) is 0 Å². The van der Waals surface area contributed by atoms with E-state index in [4.69, 9.17) is 4.74 Å². The third-order valence-electron chi connectivity index (χ3n) is 3.01. The largest absolute Gasteiger partial charge is 0.491 e. The summed E-state index contributed by atoms with van der Waals surface area (Å²) >= 11 is 0. The summed E-state index contributed by atoms with van der Waals surface area (Å²) in [6, 6.07) is 7.36. The number of ether oxygens (including phenoxy) is 1. The molecule has 5 nitrogen and oxygen atoms in total. The van der Waals surface area contributed by atoms with Crippen LogP contribution in [0.15, 0.2) is 24.3 Å². The van der Waals surface area contributed by atoms with E-state index < -0.39 is 6.10 Å². The van der Waals surface area contributed by atoms with Crippen LogP contribution in [0.1, 0.15) is 38.4 Å². The Kier molecular flexibility index (Phi) is 4.84. The summed E-state index contributed by atoms with van der Waals surface area (Å²) in [7, 11) is 0. The first kappa shape index (κ1) is 14.7. The van der Waals surface area contributed by atoms with Crippen LogP contribution in [0.25, 0.3) is 0 Å². The third-order valence-corrected chi connectivity index (χ3v) is 3.01. The molecule has 2 amide bonds. The zero-order valence-electron chi connectivity index (χ0n) is 11.9. The van der Waals surface area contributed by atoms with Gasteiger partial charge in [0.05, 0.1) is 12.2 Å². The minimum absolute atomic E-state index is 0.124. The average Bonchev–Trinajstić information content (AvgIpc) is 3.20. The molecule has 0 aliphatic heterocycles. The van der Waals surface area contributed by atoms with Gasteiger partial charge in [0.15, 0.2) is 0 Å². The molecule has 1 aliphatic rings. The van der Waals surface area contributed by atoms with Gasteiger partial charge < -0.3 is 20.5 Å². The van der Waals surface area contributed by atoms with Gasteiger partial charge in [-0.3, -0.25) is 0 Å². The summed E-state index contributed by atoms with van der Waals surface area (Å²) in [5.74, 6) is 0.774. The predicted octanol–water partition coefficient (Wildman–Crippen LogP) is 1.97. The van der Waals surface area contributed by atoms with Crippen molar-refractivity contribution in [3.05, 3.63) is 29.8 Å². The van der Waals surface area contributed by atoms with E-state index in [2.05, 4.69) is 10.6 Å². The van der Waals surface area contributed by atoms with Crippen molar-refractivity contribution in [2.45, 2.75) is 44.9 Å². The SMILES string of the molecule is CC(C)Oc1ccc(C(O)CNC(=O)NC2CC2)cc1. The molecule has 20 heavy (non-hydrogen) atoms. The van der Waals surface area contributed by atoms with E-state index in [9.17, 15) is 9.90 Å². The van der Waals surface area contributed by atoms with Crippen LogP contribution in [0.4, 0.5) is 4.79 Å². The average molecular weight is 278 g/mol. The Morgan fingerprint density at radius 2 is 2.00 bits per heavy atom. The summed E-state index contributed by atoms with van der Waals surface area (Å²) < 4.78 is 5.54. The van der Waals surface area contributed by atoms with Gasteiger partial charge in [-0.2, -0.15) is 0 Å². The van der Waals surface area contributed by atoms with E-state index in [0.29, 0.717) is 6.04 Å². The minimum atomic E-state index is -0.715. The molecule has 1 fully saturated rings. The van der Waals surface area contributed by atoms with Crippen molar-refractivity contribution in [3.63, 3.8) is 0 Å². The summed E-state index contributed by atoms with van der Waals surface area (Å²) in [5.41, 5.74) is 0.757. The van der Waals surface area contributed by atoms with Gasteiger partial charge in [-0.15, -0.1) is 0 Å². The third kappa shape index (κ3) is 4.74. The Morgan fingerprint density at radius 1 is 1.35 bits per heavy atom. The van der Waals surface area contributed by atoms with Crippen molar-refractivity contribution in [3.8, 4) is 5.75 Å². The van der Waals surface area contributed by atoms with Crippen LogP contribution in [-0.4, -0.2) is 29.8 Å². The predicted molar refractivity (Wildman–Crippen MR) is 76.7 cm³/mol. The number of amides is 2.